The zero-order valence-corrected chi connectivity index (χ0v) is 15.5. The first-order valence-corrected chi connectivity index (χ1v) is 9.07. The molecule has 1 aromatic heterocycles. The van der Waals surface area contributed by atoms with Gasteiger partial charge in [-0.25, -0.2) is 4.98 Å². The second-order valence-electron chi connectivity index (χ2n) is 5.21. The molecule has 0 aliphatic carbocycles. The monoisotopic (exact) mass is 392 g/mol. The molecule has 0 saturated carbocycles. The van der Waals surface area contributed by atoms with E-state index in [0.29, 0.717) is 26.7 Å². The zero-order chi connectivity index (χ0) is 17.8. The first-order chi connectivity index (χ1) is 12.0. The van der Waals surface area contributed by atoms with Gasteiger partial charge in [-0.1, -0.05) is 65.3 Å². The number of nitrogens with zero attached hydrogens (tertiary/aromatic N) is 2. The summed E-state index contributed by atoms with van der Waals surface area (Å²) in [5.41, 5.74) is 1.45. The highest BCUT2D eigenvalue weighted by Crippen LogP contribution is 2.27. The third-order valence-corrected chi connectivity index (χ3v) is 4.86. The first kappa shape index (κ1) is 17.8. The molecule has 1 heterocycles. The van der Waals surface area contributed by atoms with Gasteiger partial charge in [0.15, 0.2) is 5.82 Å². The SMILES string of the molecule is C[C@@H](Sc1n[nH]c(-c2ccccc2)n1)C(=O)Nc1ccc(Cl)cc1Cl. The van der Waals surface area contributed by atoms with Gasteiger partial charge in [0.2, 0.25) is 11.1 Å². The Morgan fingerprint density at radius 1 is 1.20 bits per heavy atom. The predicted molar refractivity (Wildman–Crippen MR) is 102 cm³/mol. The van der Waals surface area contributed by atoms with Crippen LogP contribution in [-0.2, 0) is 4.79 Å². The second kappa shape index (κ2) is 7.91. The van der Waals surface area contributed by atoms with E-state index in [1.165, 1.54) is 11.8 Å². The predicted octanol–water partition coefficient (Wildman–Crippen LogP) is 4.90. The van der Waals surface area contributed by atoms with Crippen LogP contribution >= 0.6 is 35.0 Å². The molecule has 25 heavy (non-hydrogen) atoms. The van der Waals surface area contributed by atoms with Gasteiger partial charge in [0.25, 0.3) is 0 Å². The number of aromatic nitrogens is 3. The highest BCUT2D eigenvalue weighted by atomic mass is 35.5. The van der Waals surface area contributed by atoms with Crippen LogP contribution in [0.1, 0.15) is 6.92 Å². The lowest BCUT2D eigenvalue weighted by Gasteiger charge is -2.11. The second-order valence-corrected chi connectivity index (χ2v) is 7.36. The van der Waals surface area contributed by atoms with E-state index < -0.39 is 5.25 Å². The van der Waals surface area contributed by atoms with Crippen LogP contribution in [0.4, 0.5) is 5.69 Å². The molecule has 0 spiro atoms. The van der Waals surface area contributed by atoms with Crippen molar-refractivity contribution >= 4 is 46.6 Å². The minimum atomic E-state index is -0.397. The molecule has 0 radical (unpaired) electrons. The lowest BCUT2D eigenvalue weighted by molar-refractivity contribution is -0.115. The lowest BCUT2D eigenvalue weighted by atomic mass is 10.2. The number of carbonyl (C=O) groups is 1. The number of aromatic amines is 1. The highest BCUT2D eigenvalue weighted by Gasteiger charge is 2.18. The van der Waals surface area contributed by atoms with Gasteiger partial charge in [-0.3, -0.25) is 9.89 Å². The summed E-state index contributed by atoms with van der Waals surface area (Å²) in [6.07, 6.45) is 0. The van der Waals surface area contributed by atoms with E-state index in [4.69, 9.17) is 23.2 Å². The molecule has 0 aliphatic heterocycles. The number of hydrogen-bond donors (Lipinski definition) is 2. The molecule has 0 aliphatic rings. The number of halogens is 2. The van der Waals surface area contributed by atoms with Crippen molar-refractivity contribution in [3.8, 4) is 11.4 Å². The maximum absolute atomic E-state index is 12.3. The van der Waals surface area contributed by atoms with Crippen LogP contribution in [0.25, 0.3) is 11.4 Å². The average molecular weight is 393 g/mol. The van der Waals surface area contributed by atoms with Gasteiger partial charge in [-0.2, -0.15) is 0 Å². The van der Waals surface area contributed by atoms with Crippen molar-refractivity contribution in [1.82, 2.24) is 15.2 Å². The summed E-state index contributed by atoms with van der Waals surface area (Å²) in [5, 5.41) is 10.8. The van der Waals surface area contributed by atoms with Gasteiger partial charge >= 0.3 is 0 Å². The molecule has 2 aromatic carbocycles. The van der Waals surface area contributed by atoms with Crippen molar-refractivity contribution < 1.29 is 4.79 Å². The number of carbonyl (C=O) groups excluding carboxylic acids is 1. The Bertz CT molecular complexity index is 885. The summed E-state index contributed by atoms with van der Waals surface area (Å²) >= 11 is 13.2. The smallest absolute Gasteiger partial charge is 0.237 e. The Kier molecular flexibility index (Phi) is 5.63. The molecule has 8 heteroatoms. The van der Waals surface area contributed by atoms with Crippen molar-refractivity contribution in [3.63, 3.8) is 0 Å². The Labute approximate surface area is 159 Å². The lowest BCUT2D eigenvalue weighted by Crippen LogP contribution is -2.22. The third-order valence-electron chi connectivity index (χ3n) is 3.35. The number of amides is 1. The number of H-pyrrole nitrogens is 1. The Morgan fingerprint density at radius 3 is 2.68 bits per heavy atom. The number of nitrogens with one attached hydrogen (secondary N) is 2. The van der Waals surface area contributed by atoms with Crippen LogP contribution in [-0.4, -0.2) is 26.3 Å². The molecule has 0 bridgehead atoms. The van der Waals surface area contributed by atoms with Gasteiger partial charge < -0.3 is 5.32 Å². The molecule has 5 nitrogen and oxygen atoms in total. The summed E-state index contributed by atoms with van der Waals surface area (Å²) in [6.45, 7) is 1.78. The highest BCUT2D eigenvalue weighted by molar-refractivity contribution is 8.00. The molecule has 3 aromatic rings. The van der Waals surface area contributed by atoms with Gasteiger partial charge in [-0.15, -0.1) is 5.10 Å². The fraction of sp³-hybridized carbons (Fsp3) is 0.118. The topological polar surface area (TPSA) is 70.7 Å². The van der Waals surface area contributed by atoms with Gasteiger partial charge in [0.05, 0.1) is 16.0 Å². The van der Waals surface area contributed by atoms with Crippen LogP contribution < -0.4 is 5.32 Å². The largest absolute Gasteiger partial charge is 0.324 e. The van der Waals surface area contributed by atoms with Gasteiger partial charge in [0.1, 0.15) is 0 Å². The van der Waals surface area contributed by atoms with Crippen LogP contribution in [0.15, 0.2) is 53.7 Å². The van der Waals surface area contributed by atoms with Crippen LogP contribution in [0.2, 0.25) is 10.0 Å². The normalized spacial score (nSPS) is 12.0. The molecule has 3 rings (SSSR count). The van der Waals surface area contributed by atoms with Crippen LogP contribution in [0, 0.1) is 0 Å². The van der Waals surface area contributed by atoms with Gasteiger partial charge in [0, 0.05) is 10.6 Å². The summed E-state index contributed by atoms with van der Waals surface area (Å²) in [7, 11) is 0. The van der Waals surface area contributed by atoms with E-state index in [9.17, 15) is 4.79 Å². The quantitative estimate of drug-likeness (QED) is 0.605. The van der Waals surface area contributed by atoms with Crippen LogP contribution in [0.5, 0.6) is 0 Å². The van der Waals surface area contributed by atoms with Crippen molar-refractivity contribution in [2.75, 3.05) is 5.32 Å². The number of rotatable bonds is 5. The fourth-order valence-electron chi connectivity index (χ4n) is 2.06. The van der Waals surface area contributed by atoms with Crippen molar-refractivity contribution in [3.05, 3.63) is 58.6 Å². The number of thioether (sulfide) groups is 1. The summed E-state index contributed by atoms with van der Waals surface area (Å²) < 4.78 is 0. The molecule has 1 amide bonds. The minimum absolute atomic E-state index is 0.194. The molecular formula is C17H14Cl2N4OS. The Morgan fingerprint density at radius 2 is 1.96 bits per heavy atom. The summed E-state index contributed by atoms with van der Waals surface area (Å²) in [4.78, 5) is 16.8. The van der Waals surface area contributed by atoms with Crippen molar-refractivity contribution in [2.45, 2.75) is 17.3 Å². The van der Waals surface area contributed by atoms with E-state index in [-0.39, 0.29) is 5.91 Å². The molecule has 1 atom stereocenters. The third kappa shape index (κ3) is 4.54. The molecule has 0 fully saturated rings. The Hall–Kier alpha value is -2.02. The van der Waals surface area contributed by atoms with E-state index >= 15 is 0 Å². The molecule has 128 valence electrons. The number of benzene rings is 2. The standard InChI is InChI=1S/C17H14Cl2N4OS/c1-10(16(24)20-14-8-7-12(18)9-13(14)19)25-17-21-15(22-23-17)11-5-3-2-4-6-11/h2-10H,1H3,(H,20,24)(H,21,22,23)/t10-/m1/s1. The van der Waals surface area contributed by atoms with E-state index in [0.717, 1.165) is 5.56 Å². The summed E-state index contributed by atoms with van der Waals surface area (Å²) in [5.74, 6) is 0.469. The van der Waals surface area contributed by atoms with E-state index in [2.05, 4.69) is 20.5 Å². The fourth-order valence-corrected chi connectivity index (χ4v) is 3.24. The molecule has 2 N–H and O–H groups in total. The molecule has 0 saturated heterocycles. The Balaban J connectivity index is 1.65. The maximum Gasteiger partial charge on any atom is 0.237 e. The average Bonchev–Trinajstić information content (AvgIpc) is 3.06. The zero-order valence-electron chi connectivity index (χ0n) is 13.2. The van der Waals surface area contributed by atoms with Crippen molar-refractivity contribution in [2.24, 2.45) is 0 Å². The van der Waals surface area contributed by atoms with E-state index in [1.807, 2.05) is 30.3 Å². The number of anilines is 1. The van der Waals surface area contributed by atoms with Gasteiger partial charge in [-0.05, 0) is 25.1 Å². The minimum Gasteiger partial charge on any atom is -0.324 e. The van der Waals surface area contributed by atoms with Crippen LogP contribution in [0.3, 0.4) is 0 Å². The molecule has 0 unspecified atom stereocenters. The van der Waals surface area contributed by atoms with Crippen molar-refractivity contribution in [1.29, 1.82) is 0 Å². The number of hydrogen-bond acceptors (Lipinski definition) is 4. The summed E-state index contributed by atoms with van der Waals surface area (Å²) in [6, 6.07) is 14.6. The molecular weight excluding hydrogens is 379 g/mol. The maximum atomic E-state index is 12.3. The van der Waals surface area contributed by atoms with E-state index in [1.54, 1.807) is 25.1 Å². The first-order valence-electron chi connectivity index (χ1n) is 7.43.